The first-order chi connectivity index (χ1) is 11.3. The van der Waals surface area contributed by atoms with Crippen molar-refractivity contribution in [3.05, 3.63) is 47.5 Å². The molecule has 0 radical (unpaired) electrons. The molecule has 0 saturated carbocycles. The van der Waals surface area contributed by atoms with E-state index in [2.05, 4.69) is 22.3 Å². The summed E-state index contributed by atoms with van der Waals surface area (Å²) in [4.78, 5) is 14.3. The predicted octanol–water partition coefficient (Wildman–Crippen LogP) is 2.70. The molecule has 1 aromatic rings. The highest BCUT2D eigenvalue weighted by Crippen LogP contribution is 2.26. The molecular formula is C19H28N2O3. The molecule has 1 amide bonds. The summed E-state index contributed by atoms with van der Waals surface area (Å²) in [5.74, 6) is 0. The molecule has 1 aliphatic rings. The van der Waals surface area contributed by atoms with Gasteiger partial charge in [-0.1, -0.05) is 36.4 Å². The maximum absolute atomic E-state index is 12.1. The molecule has 2 atom stereocenters. The molecule has 0 spiro atoms. The van der Waals surface area contributed by atoms with Gasteiger partial charge < -0.3 is 15.2 Å². The highest BCUT2D eigenvalue weighted by molar-refractivity contribution is 5.69. The molecule has 132 valence electrons. The van der Waals surface area contributed by atoms with E-state index in [1.54, 1.807) is 0 Å². The molecule has 1 aliphatic heterocycles. The first-order valence-corrected chi connectivity index (χ1v) is 8.38. The summed E-state index contributed by atoms with van der Waals surface area (Å²) in [7, 11) is 0. The third-order valence-corrected chi connectivity index (χ3v) is 4.07. The Kier molecular flexibility index (Phi) is 6.02. The molecular weight excluding hydrogens is 304 g/mol. The van der Waals surface area contributed by atoms with Gasteiger partial charge in [0, 0.05) is 13.1 Å². The van der Waals surface area contributed by atoms with Crippen LogP contribution in [0.15, 0.2) is 42.0 Å². The molecule has 2 unspecified atom stereocenters. The van der Waals surface area contributed by atoms with Crippen molar-refractivity contribution in [3.63, 3.8) is 0 Å². The number of aliphatic hydroxyl groups is 1. The maximum Gasteiger partial charge on any atom is 0.408 e. The number of carbonyl (C=O) groups is 1. The number of allylic oxidation sites excluding steroid dienone is 1. The normalized spacial score (nSPS) is 23.5. The van der Waals surface area contributed by atoms with Crippen LogP contribution in [0.25, 0.3) is 0 Å². The molecule has 1 fully saturated rings. The van der Waals surface area contributed by atoms with Crippen molar-refractivity contribution in [3.8, 4) is 0 Å². The van der Waals surface area contributed by atoms with Crippen molar-refractivity contribution in [2.75, 3.05) is 13.2 Å². The number of nitrogens with zero attached hydrogens (tertiary/aromatic N) is 1. The highest BCUT2D eigenvalue weighted by Gasteiger charge is 2.37. The number of aliphatic hydroxyl groups excluding tert-OH is 1. The van der Waals surface area contributed by atoms with Crippen LogP contribution in [0.3, 0.4) is 0 Å². The molecule has 24 heavy (non-hydrogen) atoms. The fraction of sp³-hybridized carbons (Fsp3) is 0.526. The zero-order valence-electron chi connectivity index (χ0n) is 15.0. The number of rotatable bonds is 4. The van der Waals surface area contributed by atoms with Crippen LogP contribution in [0.1, 0.15) is 33.3 Å². The maximum atomic E-state index is 12.1. The van der Waals surface area contributed by atoms with E-state index in [-0.39, 0.29) is 18.7 Å². The van der Waals surface area contributed by atoms with Gasteiger partial charge in [0.1, 0.15) is 5.60 Å². The van der Waals surface area contributed by atoms with Crippen molar-refractivity contribution in [2.45, 2.75) is 51.9 Å². The van der Waals surface area contributed by atoms with E-state index in [0.717, 1.165) is 12.1 Å². The fourth-order valence-electron chi connectivity index (χ4n) is 3.10. The molecule has 1 aromatic carbocycles. The van der Waals surface area contributed by atoms with Crippen molar-refractivity contribution >= 4 is 6.09 Å². The number of amides is 1. The summed E-state index contributed by atoms with van der Waals surface area (Å²) in [5.41, 5.74) is 1.68. The average molecular weight is 332 g/mol. The molecule has 2 rings (SSSR count). The monoisotopic (exact) mass is 332 g/mol. The topological polar surface area (TPSA) is 61.8 Å². The van der Waals surface area contributed by atoms with Gasteiger partial charge in [0.25, 0.3) is 0 Å². The van der Waals surface area contributed by atoms with E-state index >= 15 is 0 Å². The van der Waals surface area contributed by atoms with Crippen molar-refractivity contribution in [2.24, 2.45) is 0 Å². The van der Waals surface area contributed by atoms with Gasteiger partial charge in [-0.05, 0) is 38.8 Å². The Bertz CT molecular complexity index is 578. The fourth-order valence-corrected chi connectivity index (χ4v) is 3.10. The first-order valence-electron chi connectivity index (χ1n) is 8.38. The minimum absolute atomic E-state index is 0.0268. The van der Waals surface area contributed by atoms with Crippen LogP contribution in [-0.4, -0.2) is 46.9 Å². The van der Waals surface area contributed by atoms with E-state index in [1.807, 2.05) is 52.0 Å². The van der Waals surface area contributed by atoms with E-state index in [0.29, 0.717) is 6.54 Å². The van der Waals surface area contributed by atoms with E-state index in [4.69, 9.17) is 4.74 Å². The van der Waals surface area contributed by atoms with E-state index in [1.165, 1.54) is 5.56 Å². The standard InChI is InChI=1S/C19H28N2O3/c1-5-15-16(20-18(23)24-19(2,3)4)12-21(17(15)13-22)11-14-9-7-6-8-10-14/h5-10,16-17,22H,11-13H2,1-4H3,(H,20,23)/b15-5+. The summed E-state index contributed by atoms with van der Waals surface area (Å²) in [5, 5.41) is 12.8. The third kappa shape index (κ3) is 4.82. The lowest BCUT2D eigenvalue weighted by atomic mass is 10.0. The predicted molar refractivity (Wildman–Crippen MR) is 94.6 cm³/mol. The average Bonchev–Trinajstić information content (AvgIpc) is 2.82. The van der Waals surface area contributed by atoms with Gasteiger partial charge in [0.05, 0.1) is 18.7 Å². The number of hydrogen-bond acceptors (Lipinski definition) is 4. The Hall–Kier alpha value is -1.85. The number of likely N-dealkylation sites (tertiary alicyclic amines) is 1. The Morgan fingerprint density at radius 3 is 2.58 bits per heavy atom. The van der Waals surface area contributed by atoms with Crippen molar-refractivity contribution in [1.82, 2.24) is 10.2 Å². The molecule has 1 saturated heterocycles. The molecule has 1 heterocycles. The van der Waals surface area contributed by atoms with Crippen LogP contribution in [0, 0.1) is 0 Å². The minimum Gasteiger partial charge on any atom is -0.444 e. The van der Waals surface area contributed by atoms with Crippen LogP contribution in [0.4, 0.5) is 4.79 Å². The number of nitrogens with one attached hydrogen (secondary N) is 1. The van der Waals surface area contributed by atoms with Crippen LogP contribution >= 0.6 is 0 Å². The highest BCUT2D eigenvalue weighted by atomic mass is 16.6. The Morgan fingerprint density at radius 2 is 2.04 bits per heavy atom. The largest absolute Gasteiger partial charge is 0.444 e. The molecule has 0 aliphatic carbocycles. The number of ether oxygens (including phenoxy) is 1. The summed E-state index contributed by atoms with van der Waals surface area (Å²) in [6.45, 7) is 8.88. The number of benzene rings is 1. The SMILES string of the molecule is C/C=C1\C(NC(=O)OC(C)(C)C)CN(Cc2ccccc2)C1CO. The van der Waals surface area contributed by atoms with Crippen LogP contribution < -0.4 is 5.32 Å². The van der Waals surface area contributed by atoms with Gasteiger partial charge in [0.15, 0.2) is 0 Å². The number of carbonyl (C=O) groups excluding carboxylic acids is 1. The third-order valence-electron chi connectivity index (χ3n) is 4.07. The van der Waals surface area contributed by atoms with E-state index < -0.39 is 11.7 Å². The minimum atomic E-state index is -0.529. The molecule has 5 heteroatoms. The van der Waals surface area contributed by atoms with Gasteiger partial charge >= 0.3 is 6.09 Å². The van der Waals surface area contributed by atoms with Crippen LogP contribution in [0.2, 0.25) is 0 Å². The van der Waals surface area contributed by atoms with E-state index in [9.17, 15) is 9.90 Å². The molecule has 5 nitrogen and oxygen atoms in total. The lowest BCUT2D eigenvalue weighted by Crippen LogP contribution is -2.41. The molecule has 0 bridgehead atoms. The lowest BCUT2D eigenvalue weighted by Gasteiger charge is -2.22. The lowest BCUT2D eigenvalue weighted by molar-refractivity contribution is 0.0511. The summed E-state index contributed by atoms with van der Waals surface area (Å²) in [6, 6.07) is 9.90. The van der Waals surface area contributed by atoms with Crippen molar-refractivity contribution in [1.29, 1.82) is 0 Å². The summed E-state index contributed by atoms with van der Waals surface area (Å²) < 4.78 is 5.36. The quantitative estimate of drug-likeness (QED) is 0.832. The summed E-state index contributed by atoms with van der Waals surface area (Å²) in [6.07, 6.45) is 1.55. The zero-order valence-corrected chi connectivity index (χ0v) is 15.0. The second-order valence-electron chi connectivity index (χ2n) is 7.10. The van der Waals surface area contributed by atoms with Gasteiger partial charge in [-0.15, -0.1) is 0 Å². The van der Waals surface area contributed by atoms with Crippen LogP contribution in [-0.2, 0) is 11.3 Å². The number of alkyl carbamates (subject to hydrolysis) is 1. The number of hydrogen-bond donors (Lipinski definition) is 2. The zero-order chi connectivity index (χ0) is 17.7. The smallest absolute Gasteiger partial charge is 0.408 e. The first kappa shape index (κ1) is 18.5. The van der Waals surface area contributed by atoms with Gasteiger partial charge in [-0.25, -0.2) is 4.79 Å². The van der Waals surface area contributed by atoms with Gasteiger partial charge in [0.2, 0.25) is 0 Å². The van der Waals surface area contributed by atoms with Crippen LogP contribution in [0.5, 0.6) is 0 Å². The summed E-state index contributed by atoms with van der Waals surface area (Å²) >= 11 is 0. The second-order valence-corrected chi connectivity index (χ2v) is 7.10. The molecule has 0 aromatic heterocycles. The molecule has 2 N–H and O–H groups in total. The Balaban J connectivity index is 2.08. The van der Waals surface area contributed by atoms with Gasteiger partial charge in [-0.2, -0.15) is 0 Å². The Morgan fingerprint density at radius 1 is 1.38 bits per heavy atom. The Labute approximate surface area is 144 Å². The van der Waals surface area contributed by atoms with Gasteiger partial charge in [-0.3, -0.25) is 4.90 Å². The second kappa shape index (κ2) is 7.81. The van der Waals surface area contributed by atoms with Crippen molar-refractivity contribution < 1.29 is 14.6 Å².